The molecule has 0 aliphatic carbocycles. The first kappa shape index (κ1) is 15.1. The van der Waals surface area contributed by atoms with Gasteiger partial charge in [-0.3, -0.25) is 9.48 Å². The zero-order valence-corrected chi connectivity index (χ0v) is 13.8. The van der Waals surface area contributed by atoms with E-state index in [4.69, 9.17) is 11.6 Å². The molecule has 1 N–H and O–H groups in total. The molecule has 0 saturated carbocycles. The van der Waals surface area contributed by atoms with Crippen molar-refractivity contribution in [2.24, 2.45) is 7.05 Å². The third-order valence-corrected chi connectivity index (χ3v) is 4.48. The molecule has 1 heterocycles. The molecule has 0 radical (unpaired) electrons. The summed E-state index contributed by atoms with van der Waals surface area (Å²) in [6.45, 7) is 4.39. The molecule has 6 heteroatoms. The molecule has 4 nitrogen and oxygen atoms in total. The van der Waals surface area contributed by atoms with Crippen LogP contribution in [0, 0.1) is 13.8 Å². The van der Waals surface area contributed by atoms with Crippen LogP contribution in [-0.2, 0) is 13.6 Å². The summed E-state index contributed by atoms with van der Waals surface area (Å²) >= 11 is 9.22. The summed E-state index contributed by atoms with van der Waals surface area (Å²) in [5.74, 6) is -0.134. The fourth-order valence-electron chi connectivity index (χ4n) is 1.98. The highest BCUT2D eigenvalue weighted by molar-refractivity contribution is 9.10. The van der Waals surface area contributed by atoms with Gasteiger partial charge in [0.05, 0.1) is 10.7 Å². The van der Waals surface area contributed by atoms with E-state index in [2.05, 4.69) is 26.3 Å². The van der Waals surface area contributed by atoms with Crippen LogP contribution in [0.5, 0.6) is 0 Å². The lowest BCUT2D eigenvalue weighted by molar-refractivity contribution is 0.0951. The van der Waals surface area contributed by atoms with Crippen molar-refractivity contribution in [3.05, 3.63) is 50.2 Å². The molecule has 0 unspecified atom stereocenters. The Balaban J connectivity index is 2.10. The van der Waals surface area contributed by atoms with Gasteiger partial charge in [-0.05, 0) is 48.0 Å². The van der Waals surface area contributed by atoms with E-state index in [1.807, 2.05) is 25.6 Å². The molecule has 106 valence electrons. The van der Waals surface area contributed by atoms with E-state index >= 15 is 0 Å². The highest BCUT2D eigenvalue weighted by Gasteiger charge is 2.12. The van der Waals surface area contributed by atoms with Crippen molar-refractivity contribution in [3.63, 3.8) is 0 Å². The van der Waals surface area contributed by atoms with Crippen LogP contribution in [0.4, 0.5) is 0 Å². The number of hydrogen-bond donors (Lipinski definition) is 1. The van der Waals surface area contributed by atoms with Crippen LogP contribution < -0.4 is 5.32 Å². The number of carbonyl (C=O) groups is 1. The van der Waals surface area contributed by atoms with Crippen molar-refractivity contribution in [3.8, 4) is 0 Å². The molecule has 2 rings (SSSR count). The second kappa shape index (κ2) is 5.97. The Bertz CT molecular complexity index is 667. The highest BCUT2D eigenvalue weighted by atomic mass is 79.9. The van der Waals surface area contributed by atoms with E-state index in [1.165, 1.54) is 0 Å². The third kappa shape index (κ3) is 3.04. The van der Waals surface area contributed by atoms with E-state index in [9.17, 15) is 4.79 Å². The number of rotatable bonds is 3. The summed E-state index contributed by atoms with van der Waals surface area (Å²) < 4.78 is 2.52. The van der Waals surface area contributed by atoms with Crippen LogP contribution in [0.2, 0.25) is 5.02 Å². The number of aryl methyl sites for hydroxylation is 2. The quantitative estimate of drug-likeness (QED) is 0.916. The van der Waals surface area contributed by atoms with Gasteiger partial charge in [0.15, 0.2) is 0 Å². The normalized spacial score (nSPS) is 10.7. The molecule has 1 aromatic carbocycles. The first-order valence-corrected chi connectivity index (χ1v) is 7.29. The molecule has 0 saturated heterocycles. The van der Waals surface area contributed by atoms with Gasteiger partial charge in [-0.1, -0.05) is 11.6 Å². The van der Waals surface area contributed by atoms with Gasteiger partial charge in [-0.15, -0.1) is 0 Å². The molecule has 0 fully saturated rings. The molecule has 0 aliphatic rings. The Kier molecular flexibility index (Phi) is 4.50. The van der Waals surface area contributed by atoms with Gasteiger partial charge in [-0.25, -0.2) is 0 Å². The third-order valence-electron chi connectivity index (χ3n) is 3.27. The minimum absolute atomic E-state index is 0.134. The maximum atomic E-state index is 12.1. The van der Waals surface area contributed by atoms with E-state index in [-0.39, 0.29) is 5.91 Å². The first-order chi connectivity index (χ1) is 9.40. The summed E-state index contributed by atoms with van der Waals surface area (Å²) in [5, 5.41) is 7.81. The zero-order valence-electron chi connectivity index (χ0n) is 11.5. The fourth-order valence-corrected chi connectivity index (χ4v) is 2.48. The Morgan fingerprint density at radius 1 is 1.45 bits per heavy atom. The molecular weight excluding hydrogens is 342 g/mol. The van der Waals surface area contributed by atoms with Crippen LogP contribution in [0.25, 0.3) is 0 Å². The van der Waals surface area contributed by atoms with Gasteiger partial charge in [0.25, 0.3) is 5.91 Å². The van der Waals surface area contributed by atoms with Crippen molar-refractivity contribution in [2.45, 2.75) is 20.4 Å². The van der Waals surface area contributed by atoms with Gasteiger partial charge in [0.2, 0.25) is 0 Å². The first-order valence-electron chi connectivity index (χ1n) is 6.12. The number of nitrogens with zero attached hydrogens (tertiary/aromatic N) is 2. The summed E-state index contributed by atoms with van der Waals surface area (Å²) in [6, 6.07) is 5.10. The van der Waals surface area contributed by atoms with E-state index in [0.717, 1.165) is 17.0 Å². The van der Waals surface area contributed by atoms with E-state index < -0.39 is 0 Å². The largest absolute Gasteiger partial charge is 0.348 e. The summed E-state index contributed by atoms with van der Waals surface area (Å²) in [4.78, 5) is 12.1. The summed E-state index contributed by atoms with van der Waals surface area (Å²) in [6.07, 6.45) is 0. The van der Waals surface area contributed by atoms with E-state index in [0.29, 0.717) is 21.6 Å². The average Bonchev–Trinajstić information content (AvgIpc) is 2.64. The molecule has 0 aliphatic heterocycles. The number of nitrogens with one attached hydrogen (secondary N) is 1. The molecule has 20 heavy (non-hydrogen) atoms. The maximum Gasteiger partial charge on any atom is 0.251 e. The number of hydrogen-bond acceptors (Lipinski definition) is 2. The van der Waals surface area contributed by atoms with Crippen molar-refractivity contribution in [2.75, 3.05) is 0 Å². The van der Waals surface area contributed by atoms with Gasteiger partial charge in [0, 0.05) is 34.9 Å². The number of halogens is 2. The highest BCUT2D eigenvalue weighted by Crippen LogP contribution is 2.23. The topological polar surface area (TPSA) is 46.9 Å². The monoisotopic (exact) mass is 355 g/mol. The lowest BCUT2D eigenvalue weighted by Crippen LogP contribution is -2.23. The van der Waals surface area contributed by atoms with Crippen molar-refractivity contribution >= 4 is 33.4 Å². The molecule has 1 aromatic heterocycles. The van der Waals surface area contributed by atoms with E-state index in [1.54, 1.807) is 18.2 Å². The van der Waals surface area contributed by atoms with Gasteiger partial charge < -0.3 is 5.32 Å². The predicted octanol–water partition coefficient (Wildman–Crippen LogP) is 3.38. The van der Waals surface area contributed by atoms with Crippen LogP contribution in [-0.4, -0.2) is 15.7 Å². The Labute approximate surface area is 131 Å². The minimum Gasteiger partial charge on any atom is -0.348 e. The molecular formula is C14H15BrClN3O. The molecule has 0 atom stereocenters. The molecule has 2 aromatic rings. The van der Waals surface area contributed by atoms with Gasteiger partial charge in [0.1, 0.15) is 0 Å². The second-order valence-corrected chi connectivity index (χ2v) is 5.85. The SMILES string of the molecule is Cc1nn(C)c(C)c1CNC(=O)c1ccc(Cl)c(Br)c1. The number of aromatic nitrogens is 2. The fraction of sp³-hybridized carbons (Fsp3) is 0.286. The zero-order chi connectivity index (χ0) is 14.9. The number of benzene rings is 1. The van der Waals surface area contributed by atoms with Gasteiger partial charge in [-0.2, -0.15) is 5.10 Å². The second-order valence-electron chi connectivity index (χ2n) is 4.58. The Hall–Kier alpha value is -1.33. The lowest BCUT2D eigenvalue weighted by atomic mass is 10.1. The predicted molar refractivity (Wildman–Crippen MR) is 83.0 cm³/mol. The van der Waals surface area contributed by atoms with Crippen molar-refractivity contribution < 1.29 is 4.79 Å². The average molecular weight is 357 g/mol. The van der Waals surface area contributed by atoms with Crippen LogP contribution in [0.1, 0.15) is 27.3 Å². The number of carbonyl (C=O) groups excluding carboxylic acids is 1. The summed E-state index contributed by atoms with van der Waals surface area (Å²) in [7, 11) is 1.89. The van der Waals surface area contributed by atoms with Crippen molar-refractivity contribution in [1.82, 2.24) is 15.1 Å². The minimum atomic E-state index is -0.134. The molecule has 0 spiro atoms. The Morgan fingerprint density at radius 3 is 2.70 bits per heavy atom. The maximum absolute atomic E-state index is 12.1. The van der Waals surface area contributed by atoms with Crippen LogP contribution in [0.15, 0.2) is 22.7 Å². The van der Waals surface area contributed by atoms with Crippen molar-refractivity contribution in [1.29, 1.82) is 0 Å². The smallest absolute Gasteiger partial charge is 0.251 e. The lowest BCUT2D eigenvalue weighted by Gasteiger charge is -2.07. The Morgan fingerprint density at radius 2 is 2.15 bits per heavy atom. The molecule has 1 amide bonds. The standard InChI is InChI=1S/C14H15BrClN3O/c1-8-11(9(2)19(3)18-8)7-17-14(20)10-4-5-13(16)12(15)6-10/h4-6H,7H2,1-3H3,(H,17,20). The summed E-state index contributed by atoms with van der Waals surface area (Å²) in [5.41, 5.74) is 3.61. The number of amides is 1. The molecule has 0 bridgehead atoms. The van der Waals surface area contributed by atoms with Crippen LogP contribution in [0.3, 0.4) is 0 Å². The van der Waals surface area contributed by atoms with Crippen LogP contribution >= 0.6 is 27.5 Å². The van der Waals surface area contributed by atoms with Gasteiger partial charge >= 0.3 is 0 Å².